The molecule has 0 saturated carbocycles. The Labute approximate surface area is 92.2 Å². The number of aromatic nitrogens is 1. The predicted molar refractivity (Wildman–Crippen MR) is 64.4 cm³/mol. The van der Waals surface area contributed by atoms with E-state index in [2.05, 4.69) is 11.1 Å². The third-order valence-corrected chi connectivity index (χ3v) is 2.61. The molecule has 2 aromatic carbocycles. The number of nitrogens with zero attached hydrogens (tertiary/aromatic N) is 1. The lowest BCUT2D eigenvalue weighted by Crippen LogP contribution is -1.97. The SMILES string of the molecule is O=c1c2[c]cccc2ncc2ccccc12. The molecule has 0 spiro atoms. The molecular formula is C14H8NO. The van der Waals surface area contributed by atoms with E-state index in [-0.39, 0.29) is 5.43 Å². The van der Waals surface area contributed by atoms with Crippen LogP contribution in [0.4, 0.5) is 0 Å². The van der Waals surface area contributed by atoms with E-state index in [1.807, 2.05) is 36.4 Å². The van der Waals surface area contributed by atoms with Gasteiger partial charge in [-0.2, -0.15) is 0 Å². The second-order valence-corrected chi connectivity index (χ2v) is 3.60. The van der Waals surface area contributed by atoms with Gasteiger partial charge in [-0.1, -0.05) is 36.4 Å². The van der Waals surface area contributed by atoms with Gasteiger partial charge in [0.05, 0.1) is 10.9 Å². The first-order chi connectivity index (χ1) is 7.86. The van der Waals surface area contributed by atoms with E-state index in [1.165, 1.54) is 0 Å². The fourth-order valence-corrected chi connectivity index (χ4v) is 1.81. The van der Waals surface area contributed by atoms with Gasteiger partial charge in [0.1, 0.15) is 0 Å². The van der Waals surface area contributed by atoms with Crippen LogP contribution in [0.1, 0.15) is 0 Å². The van der Waals surface area contributed by atoms with Crippen LogP contribution in [0, 0.1) is 6.07 Å². The lowest BCUT2D eigenvalue weighted by molar-refractivity contribution is 1.46. The summed E-state index contributed by atoms with van der Waals surface area (Å²) in [4.78, 5) is 16.5. The Bertz CT molecular complexity index is 673. The van der Waals surface area contributed by atoms with Crippen molar-refractivity contribution in [3.63, 3.8) is 0 Å². The summed E-state index contributed by atoms with van der Waals surface area (Å²) in [6.45, 7) is 0. The van der Waals surface area contributed by atoms with Crippen molar-refractivity contribution in [3.05, 3.63) is 65.0 Å². The molecule has 16 heavy (non-hydrogen) atoms. The molecule has 3 rings (SSSR count). The van der Waals surface area contributed by atoms with Gasteiger partial charge in [0.25, 0.3) is 0 Å². The summed E-state index contributed by atoms with van der Waals surface area (Å²) in [5.74, 6) is 0. The second kappa shape index (κ2) is 3.42. The molecule has 1 heterocycles. The summed E-state index contributed by atoms with van der Waals surface area (Å²) in [6.07, 6.45) is 1.73. The van der Waals surface area contributed by atoms with E-state index >= 15 is 0 Å². The highest BCUT2D eigenvalue weighted by atomic mass is 16.1. The normalized spacial score (nSPS) is 10.8. The third kappa shape index (κ3) is 1.27. The Kier molecular flexibility index (Phi) is 1.93. The highest BCUT2D eigenvalue weighted by Gasteiger charge is 2.01. The number of hydrogen-bond acceptors (Lipinski definition) is 2. The highest BCUT2D eigenvalue weighted by Crippen LogP contribution is 2.11. The van der Waals surface area contributed by atoms with E-state index < -0.39 is 0 Å². The van der Waals surface area contributed by atoms with Gasteiger partial charge in [0, 0.05) is 17.0 Å². The fraction of sp³-hybridized carbons (Fsp3) is 0. The van der Waals surface area contributed by atoms with Crippen LogP contribution in [0.5, 0.6) is 0 Å². The molecule has 0 aliphatic rings. The molecule has 75 valence electrons. The van der Waals surface area contributed by atoms with Gasteiger partial charge in [-0.15, -0.1) is 0 Å². The van der Waals surface area contributed by atoms with Gasteiger partial charge in [-0.05, 0) is 12.1 Å². The molecule has 0 atom stereocenters. The van der Waals surface area contributed by atoms with Gasteiger partial charge < -0.3 is 0 Å². The van der Waals surface area contributed by atoms with E-state index in [0.29, 0.717) is 16.3 Å². The van der Waals surface area contributed by atoms with Gasteiger partial charge >= 0.3 is 0 Å². The molecule has 3 aromatic rings. The van der Waals surface area contributed by atoms with Crippen molar-refractivity contribution in [1.29, 1.82) is 0 Å². The van der Waals surface area contributed by atoms with Crippen molar-refractivity contribution in [3.8, 4) is 0 Å². The molecule has 0 saturated heterocycles. The minimum atomic E-state index is -0.0105. The van der Waals surface area contributed by atoms with Crippen molar-refractivity contribution in [2.75, 3.05) is 0 Å². The minimum absolute atomic E-state index is 0.0105. The largest absolute Gasteiger partial charge is 0.288 e. The van der Waals surface area contributed by atoms with Crippen LogP contribution in [-0.4, -0.2) is 4.98 Å². The second-order valence-electron chi connectivity index (χ2n) is 3.60. The summed E-state index contributed by atoms with van der Waals surface area (Å²) >= 11 is 0. The summed E-state index contributed by atoms with van der Waals surface area (Å²) in [6, 6.07) is 15.8. The minimum Gasteiger partial charge on any atom is -0.288 e. The van der Waals surface area contributed by atoms with Gasteiger partial charge in [-0.3, -0.25) is 9.78 Å². The molecule has 0 N–H and O–H groups in total. The smallest absolute Gasteiger partial charge is 0.196 e. The van der Waals surface area contributed by atoms with Crippen molar-refractivity contribution in [1.82, 2.24) is 4.98 Å². The van der Waals surface area contributed by atoms with E-state index in [1.54, 1.807) is 12.3 Å². The van der Waals surface area contributed by atoms with Crippen LogP contribution in [0.3, 0.4) is 0 Å². The van der Waals surface area contributed by atoms with Crippen LogP contribution < -0.4 is 5.43 Å². The first kappa shape index (κ1) is 9.04. The molecule has 2 nitrogen and oxygen atoms in total. The van der Waals surface area contributed by atoms with Crippen LogP contribution >= 0.6 is 0 Å². The lowest BCUT2D eigenvalue weighted by Gasteiger charge is -1.88. The maximum atomic E-state index is 12.2. The Morgan fingerprint density at radius 1 is 1.06 bits per heavy atom. The molecule has 1 aromatic heterocycles. The molecule has 1 radical (unpaired) electrons. The number of rotatable bonds is 0. The summed E-state index contributed by atoms with van der Waals surface area (Å²) in [7, 11) is 0. The maximum absolute atomic E-state index is 12.2. The zero-order valence-corrected chi connectivity index (χ0v) is 8.47. The van der Waals surface area contributed by atoms with E-state index in [9.17, 15) is 4.79 Å². The van der Waals surface area contributed by atoms with Crippen LogP contribution in [0.2, 0.25) is 0 Å². The summed E-state index contributed by atoms with van der Waals surface area (Å²) in [5, 5.41) is 2.09. The first-order valence-electron chi connectivity index (χ1n) is 5.05. The molecule has 2 heteroatoms. The van der Waals surface area contributed by atoms with Gasteiger partial charge in [0.2, 0.25) is 0 Å². The Balaban J connectivity index is 2.69. The maximum Gasteiger partial charge on any atom is 0.196 e. The molecule has 0 aliphatic heterocycles. The number of fused-ring (bicyclic) bond motifs is 2. The Morgan fingerprint density at radius 3 is 2.88 bits per heavy atom. The predicted octanol–water partition coefficient (Wildman–Crippen LogP) is 2.55. The van der Waals surface area contributed by atoms with Crippen molar-refractivity contribution in [2.24, 2.45) is 0 Å². The monoisotopic (exact) mass is 206 g/mol. The van der Waals surface area contributed by atoms with Crippen molar-refractivity contribution < 1.29 is 0 Å². The zero-order valence-electron chi connectivity index (χ0n) is 8.47. The number of hydrogen-bond donors (Lipinski definition) is 0. The highest BCUT2D eigenvalue weighted by molar-refractivity contribution is 5.90. The van der Waals surface area contributed by atoms with E-state index in [4.69, 9.17) is 0 Å². The average molecular weight is 206 g/mol. The van der Waals surface area contributed by atoms with Crippen molar-refractivity contribution in [2.45, 2.75) is 0 Å². The molecular weight excluding hydrogens is 198 g/mol. The first-order valence-corrected chi connectivity index (χ1v) is 5.05. The Morgan fingerprint density at radius 2 is 1.94 bits per heavy atom. The zero-order chi connectivity index (χ0) is 11.0. The molecule has 0 aliphatic carbocycles. The van der Waals surface area contributed by atoms with Crippen LogP contribution in [0.15, 0.2) is 53.5 Å². The fourth-order valence-electron chi connectivity index (χ4n) is 1.81. The van der Waals surface area contributed by atoms with Gasteiger partial charge in [-0.25, -0.2) is 0 Å². The van der Waals surface area contributed by atoms with Crippen LogP contribution in [-0.2, 0) is 0 Å². The Hall–Kier alpha value is -2.22. The lowest BCUT2D eigenvalue weighted by atomic mass is 10.1. The summed E-state index contributed by atoms with van der Waals surface area (Å²) < 4.78 is 0. The van der Waals surface area contributed by atoms with Crippen molar-refractivity contribution >= 4 is 21.7 Å². The van der Waals surface area contributed by atoms with Crippen LogP contribution in [0.25, 0.3) is 21.7 Å². The topological polar surface area (TPSA) is 30.0 Å². The molecule has 0 unspecified atom stereocenters. The molecule has 0 amide bonds. The standard InChI is InChI=1S/C14H8NO/c16-14-11-6-2-1-5-10(11)9-15-13-8-4-3-7-12(13)14/h1-6,8-9H. The van der Waals surface area contributed by atoms with Gasteiger partial charge in [0.15, 0.2) is 5.43 Å². The summed E-state index contributed by atoms with van der Waals surface area (Å²) in [5.41, 5.74) is 0.674. The quantitative estimate of drug-likeness (QED) is 0.565. The third-order valence-electron chi connectivity index (χ3n) is 2.61. The molecule has 0 bridgehead atoms. The number of benzene rings is 2. The van der Waals surface area contributed by atoms with E-state index in [0.717, 1.165) is 5.39 Å². The average Bonchev–Trinajstić information content (AvgIpc) is 2.49. The molecule has 0 fully saturated rings.